The zero-order chi connectivity index (χ0) is 13.8. The Labute approximate surface area is 111 Å². The Morgan fingerprint density at radius 1 is 1.21 bits per heavy atom. The quantitative estimate of drug-likeness (QED) is 0.833. The van der Waals surface area contributed by atoms with Crippen LogP contribution in [0.25, 0.3) is 0 Å². The van der Waals surface area contributed by atoms with Gasteiger partial charge in [-0.2, -0.15) is 0 Å². The zero-order valence-corrected chi connectivity index (χ0v) is 11.1. The maximum absolute atomic E-state index is 11.4. The lowest BCUT2D eigenvalue weighted by Gasteiger charge is -2.20. The van der Waals surface area contributed by atoms with E-state index in [1.807, 2.05) is 19.1 Å². The third kappa shape index (κ3) is 3.47. The minimum Gasteiger partial charge on any atom is -0.486 e. The highest BCUT2D eigenvalue weighted by atomic mass is 16.6. The Balaban J connectivity index is 2.04. The van der Waals surface area contributed by atoms with Gasteiger partial charge in [0.25, 0.3) is 0 Å². The van der Waals surface area contributed by atoms with E-state index in [0.29, 0.717) is 25.5 Å². The minimum atomic E-state index is -0.262. The normalized spacial score (nSPS) is 12.9. The molecule has 1 N–H and O–H groups in total. The molecule has 1 aliphatic heterocycles. The Hall–Kier alpha value is -2.04. The van der Waals surface area contributed by atoms with Gasteiger partial charge in [-0.1, -0.05) is 0 Å². The van der Waals surface area contributed by atoms with Crippen molar-refractivity contribution in [2.24, 2.45) is 0 Å². The number of fused-ring (bicyclic) bond motifs is 1. The number of aryl methyl sites for hydroxylation is 1. The summed E-state index contributed by atoms with van der Waals surface area (Å²) in [7, 11) is 0. The van der Waals surface area contributed by atoms with Crippen LogP contribution in [0.4, 0.5) is 0 Å². The van der Waals surface area contributed by atoms with Gasteiger partial charge in [0.2, 0.25) is 5.91 Å². The third-order valence-electron chi connectivity index (χ3n) is 2.89. The van der Waals surface area contributed by atoms with Crippen LogP contribution in [0.1, 0.15) is 24.5 Å². The molecule has 1 aliphatic rings. The Morgan fingerprint density at radius 2 is 1.84 bits per heavy atom. The molecule has 19 heavy (non-hydrogen) atoms. The monoisotopic (exact) mass is 263 g/mol. The molecule has 0 aromatic heterocycles. The van der Waals surface area contributed by atoms with Crippen molar-refractivity contribution in [1.82, 2.24) is 5.32 Å². The first kappa shape index (κ1) is 13.4. The minimum absolute atomic E-state index is 0.0798. The molecule has 0 spiro atoms. The van der Waals surface area contributed by atoms with Crippen LogP contribution in [0.15, 0.2) is 12.1 Å². The van der Waals surface area contributed by atoms with E-state index in [4.69, 9.17) is 9.47 Å². The van der Waals surface area contributed by atoms with Crippen molar-refractivity contribution in [2.75, 3.05) is 13.2 Å². The number of rotatable bonds is 4. The molecule has 5 heteroatoms. The number of Topliss-reactive ketones (excluding diaryl/α,β-unsaturated/α-hetero) is 1. The summed E-state index contributed by atoms with van der Waals surface area (Å²) >= 11 is 0. The lowest BCUT2D eigenvalue weighted by atomic mass is 10.1. The van der Waals surface area contributed by atoms with E-state index in [0.717, 1.165) is 16.9 Å². The number of benzene rings is 1. The van der Waals surface area contributed by atoms with Crippen LogP contribution in [0.2, 0.25) is 0 Å². The van der Waals surface area contributed by atoms with Crippen molar-refractivity contribution in [2.45, 2.75) is 26.8 Å². The van der Waals surface area contributed by atoms with Gasteiger partial charge in [0.05, 0.1) is 6.42 Å². The molecule has 1 aromatic carbocycles. The molecule has 0 fully saturated rings. The van der Waals surface area contributed by atoms with E-state index in [-0.39, 0.29) is 18.1 Å². The fourth-order valence-corrected chi connectivity index (χ4v) is 1.91. The molecular weight excluding hydrogens is 246 g/mol. The SMILES string of the molecule is CC(=O)CC(=O)NCc1cc2c(cc1C)OCCO2. The van der Waals surface area contributed by atoms with E-state index < -0.39 is 0 Å². The summed E-state index contributed by atoms with van der Waals surface area (Å²) in [5.74, 6) is 1.04. The molecule has 0 aliphatic carbocycles. The Morgan fingerprint density at radius 3 is 2.47 bits per heavy atom. The third-order valence-corrected chi connectivity index (χ3v) is 2.89. The maximum atomic E-state index is 11.4. The number of amides is 1. The van der Waals surface area contributed by atoms with Crippen molar-refractivity contribution in [1.29, 1.82) is 0 Å². The van der Waals surface area contributed by atoms with Gasteiger partial charge in [0.15, 0.2) is 11.5 Å². The molecule has 2 rings (SSSR count). The van der Waals surface area contributed by atoms with Crippen molar-refractivity contribution >= 4 is 11.7 Å². The number of hydrogen-bond donors (Lipinski definition) is 1. The van der Waals surface area contributed by atoms with Gasteiger partial charge in [-0.3, -0.25) is 9.59 Å². The van der Waals surface area contributed by atoms with E-state index in [2.05, 4.69) is 5.32 Å². The second-order valence-electron chi connectivity index (χ2n) is 4.58. The lowest BCUT2D eigenvalue weighted by Crippen LogP contribution is -2.25. The summed E-state index contributed by atoms with van der Waals surface area (Å²) in [6.07, 6.45) is -0.0798. The molecule has 0 saturated heterocycles. The summed E-state index contributed by atoms with van der Waals surface area (Å²) in [5, 5.41) is 2.72. The van der Waals surface area contributed by atoms with Crippen molar-refractivity contribution in [3.05, 3.63) is 23.3 Å². The number of ether oxygens (including phenoxy) is 2. The highest BCUT2D eigenvalue weighted by Gasteiger charge is 2.14. The second kappa shape index (κ2) is 5.73. The number of hydrogen-bond acceptors (Lipinski definition) is 4. The predicted molar refractivity (Wildman–Crippen MR) is 69.3 cm³/mol. The lowest BCUT2D eigenvalue weighted by molar-refractivity contribution is -0.127. The van der Waals surface area contributed by atoms with Crippen molar-refractivity contribution in [3.8, 4) is 11.5 Å². The summed E-state index contributed by atoms with van der Waals surface area (Å²) in [4.78, 5) is 22.3. The molecule has 0 radical (unpaired) electrons. The molecule has 5 nitrogen and oxygen atoms in total. The number of ketones is 1. The zero-order valence-electron chi connectivity index (χ0n) is 11.1. The standard InChI is InChI=1S/C14H17NO4/c1-9-5-12-13(19-4-3-18-12)7-11(9)8-15-14(17)6-10(2)16/h5,7H,3-4,6,8H2,1-2H3,(H,15,17). The molecule has 0 bridgehead atoms. The van der Waals surface area contributed by atoms with Crippen molar-refractivity contribution < 1.29 is 19.1 Å². The van der Waals surface area contributed by atoms with Crippen molar-refractivity contribution in [3.63, 3.8) is 0 Å². The van der Waals surface area contributed by atoms with Gasteiger partial charge < -0.3 is 14.8 Å². The summed E-state index contributed by atoms with van der Waals surface area (Å²) in [6.45, 7) is 4.82. The van der Waals surface area contributed by atoms with Crippen LogP contribution < -0.4 is 14.8 Å². The second-order valence-corrected chi connectivity index (χ2v) is 4.58. The average Bonchev–Trinajstić information content (AvgIpc) is 2.35. The number of carbonyl (C=O) groups is 2. The van der Waals surface area contributed by atoms with Gasteiger partial charge in [-0.25, -0.2) is 0 Å². The molecule has 1 heterocycles. The van der Waals surface area contributed by atoms with E-state index in [9.17, 15) is 9.59 Å². The highest BCUT2D eigenvalue weighted by molar-refractivity contribution is 5.96. The van der Waals surface area contributed by atoms with Crippen LogP contribution >= 0.6 is 0 Å². The first-order valence-electron chi connectivity index (χ1n) is 6.21. The molecular formula is C14H17NO4. The Bertz CT molecular complexity index is 510. The van der Waals surface area contributed by atoms with Gasteiger partial charge >= 0.3 is 0 Å². The smallest absolute Gasteiger partial charge is 0.227 e. The van der Waals surface area contributed by atoms with Crippen LogP contribution in [-0.4, -0.2) is 24.9 Å². The average molecular weight is 263 g/mol. The van der Waals surface area contributed by atoms with Gasteiger partial charge in [0, 0.05) is 6.54 Å². The summed E-state index contributed by atoms with van der Waals surface area (Å²) < 4.78 is 11.0. The molecule has 0 saturated carbocycles. The van der Waals surface area contributed by atoms with Crippen LogP contribution in [0.3, 0.4) is 0 Å². The predicted octanol–water partition coefficient (Wildman–Crippen LogP) is 1.36. The van der Waals surface area contributed by atoms with E-state index in [1.165, 1.54) is 6.92 Å². The largest absolute Gasteiger partial charge is 0.486 e. The fourth-order valence-electron chi connectivity index (χ4n) is 1.91. The Kier molecular flexibility index (Phi) is 4.04. The summed E-state index contributed by atoms with van der Waals surface area (Å²) in [5.41, 5.74) is 1.98. The first-order chi connectivity index (χ1) is 9.06. The highest BCUT2D eigenvalue weighted by Crippen LogP contribution is 2.32. The molecule has 0 unspecified atom stereocenters. The van der Waals surface area contributed by atoms with E-state index >= 15 is 0 Å². The number of carbonyl (C=O) groups excluding carboxylic acids is 2. The topological polar surface area (TPSA) is 64.6 Å². The summed E-state index contributed by atoms with van der Waals surface area (Å²) in [6, 6.07) is 3.78. The van der Waals surface area contributed by atoms with Gasteiger partial charge in [-0.05, 0) is 37.1 Å². The van der Waals surface area contributed by atoms with Gasteiger partial charge in [-0.15, -0.1) is 0 Å². The molecule has 102 valence electrons. The molecule has 1 aromatic rings. The fraction of sp³-hybridized carbons (Fsp3) is 0.429. The molecule has 1 amide bonds. The van der Waals surface area contributed by atoms with Crippen LogP contribution in [0.5, 0.6) is 11.5 Å². The molecule has 0 atom stereocenters. The van der Waals surface area contributed by atoms with E-state index in [1.54, 1.807) is 0 Å². The van der Waals surface area contributed by atoms with Crippen LogP contribution in [-0.2, 0) is 16.1 Å². The maximum Gasteiger partial charge on any atom is 0.227 e. The first-order valence-corrected chi connectivity index (χ1v) is 6.21. The van der Waals surface area contributed by atoms with Gasteiger partial charge in [0.1, 0.15) is 19.0 Å². The number of nitrogens with one attached hydrogen (secondary N) is 1. The van der Waals surface area contributed by atoms with Crippen LogP contribution in [0, 0.1) is 6.92 Å².